The van der Waals surface area contributed by atoms with Gasteiger partial charge in [0.1, 0.15) is 11.6 Å². The number of hydrogen-bond acceptors (Lipinski definition) is 7. The van der Waals surface area contributed by atoms with Crippen molar-refractivity contribution in [2.75, 3.05) is 42.2 Å². The molecule has 144 valence electrons. The molecule has 0 unspecified atom stereocenters. The summed E-state index contributed by atoms with van der Waals surface area (Å²) in [6.07, 6.45) is 3.13. The molecule has 7 heteroatoms. The quantitative estimate of drug-likeness (QED) is 0.685. The van der Waals surface area contributed by atoms with Crippen LogP contribution in [0.3, 0.4) is 0 Å². The Labute approximate surface area is 160 Å². The van der Waals surface area contributed by atoms with E-state index >= 15 is 0 Å². The highest BCUT2D eigenvalue weighted by Gasteiger charge is 2.28. The lowest BCUT2D eigenvalue weighted by atomic mass is 10.1. The van der Waals surface area contributed by atoms with Gasteiger partial charge in [-0.25, -0.2) is 0 Å². The van der Waals surface area contributed by atoms with Crippen molar-refractivity contribution in [1.29, 1.82) is 0 Å². The van der Waals surface area contributed by atoms with E-state index in [0.29, 0.717) is 12.0 Å². The molecule has 1 aromatic heterocycles. The van der Waals surface area contributed by atoms with Crippen molar-refractivity contribution in [3.05, 3.63) is 42.0 Å². The second kappa shape index (κ2) is 8.10. The number of anilines is 3. The predicted molar refractivity (Wildman–Crippen MR) is 108 cm³/mol. The van der Waals surface area contributed by atoms with Gasteiger partial charge in [0.2, 0.25) is 5.95 Å². The van der Waals surface area contributed by atoms with Gasteiger partial charge in [0.15, 0.2) is 0 Å². The van der Waals surface area contributed by atoms with Crippen molar-refractivity contribution in [3.63, 3.8) is 0 Å². The Morgan fingerprint density at radius 2 is 1.96 bits per heavy atom. The first-order valence-electron chi connectivity index (χ1n) is 9.76. The average Bonchev–Trinajstić information content (AvgIpc) is 3.48. The van der Waals surface area contributed by atoms with Gasteiger partial charge in [-0.05, 0) is 24.8 Å². The van der Waals surface area contributed by atoms with Gasteiger partial charge >= 0.3 is 0 Å². The monoisotopic (exact) mass is 368 g/mol. The van der Waals surface area contributed by atoms with E-state index in [1.165, 1.54) is 18.4 Å². The first-order valence-corrected chi connectivity index (χ1v) is 9.76. The topological polar surface area (TPSA) is 90.5 Å². The molecule has 1 atom stereocenters. The molecule has 2 heterocycles. The Bertz CT molecular complexity index is 751. The normalized spacial score (nSPS) is 20.6. The zero-order chi connectivity index (χ0) is 18.6. The molecule has 2 fully saturated rings. The molecule has 0 spiro atoms. The molecular weight excluding hydrogens is 340 g/mol. The van der Waals surface area contributed by atoms with Crippen LogP contribution < -0.4 is 16.0 Å². The van der Waals surface area contributed by atoms with Crippen molar-refractivity contribution < 1.29 is 5.11 Å². The molecule has 1 aliphatic carbocycles. The summed E-state index contributed by atoms with van der Waals surface area (Å²) >= 11 is 0. The van der Waals surface area contributed by atoms with E-state index in [-0.39, 0.29) is 12.6 Å². The van der Waals surface area contributed by atoms with Crippen LogP contribution in [0, 0.1) is 0 Å². The zero-order valence-corrected chi connectivity index (χ0v) is 15.6. The molecular formula is C20H28N6O. The van der Waals surface area contributed by atoms with Crippen molar-refractivity contribution in [2.24, 2.45) is 0 Å². The fourth-order valence-electron chi connectivity index (χ4n) is 3.68. The minimum atomic E-state index is 0.185. The van der Waals surface area contributed by atoms with Gasteiger partial charge in [-0.2, -0.15) is 9.97 Å². The number of nitrogens with two attached hydrogens (primary N) is 1. The van der Waals surface area contributed by atoms with Crippen LogP contribution in [0.2, 0.25) is 0 Å². The SMILES string of the molecule is Nc1nc(NC2CC2)cc(N2CCN(Cc3ccccc3)[C@@H](CCO)C2)n1. The molecule has 2 aliphatic rings. The van der Waals surface area contributed by atoms with Crippen LogP contribution in [0.25, 0.3) is 0 Å². The number of benzene rings is 1. The standard InChI is InChI=1S/C20H28N6O/c21-20-23-18(22-16-6-7-16)12-19(24-20)26-10-9-25(17(14-26)8-11-27)13-15-4-2-1-3-5-15/h1-5,12,16-17,27H,6-11,13-14H2,(H3,21,22,23,24)/t17-/m0/s1. The molecule has 0 radical (unpaired) electrons. The third-order valence-corrected chi connectivity index (χ3v) is 5.28. The Morgan fingerprint density at radius 1 is 1.15 bits per heavy atom. The number of hydrogen-bond donors (Lipinski definition) is 3. The van der Waals surface area contributed by atoms with Crippen molar-refractivity contribution in [1.82, 2.24) is 14.9 Å². The first-order chi connectivity index (χ1) is 13.2. The fourth-order valence-corrected chi connectivity index (χ4v) is 3.68. The predicted octanol–water partition coefficient (Wildman–Crippen LogP) is 1.71. The molecule has 4 N–H and O–H groups in total. The minimum Gasteiger partial charge on any atom is -0.396 e. The minimum absolute atomic E-state index is 0.185. The van der Waals surface area contributed by atoms with Crippen LogP contribution in [-0.4, -0.2) is 58.3 Å². The summed E-state index contributed by atoms with van der Waals surface area (Å²) < 4.78 is 0. The van der Waals surface area contributed by atoms with E-state index in [0.717, 1.165) is 44.2 Å². The summed E-state index contributed by atoms with van der Waals surface area (Å²) in [6, 6.07) is 13.3. The van der Waals surface area contributed by atoms with Gasteiger partial charge in [-0.15, -0.1) is 0 Å². The average molecular weight is 368 g/mol. The maximum atomic E-state index is 9.55. The number of aliphatic hydroxyl groups excluding tert-OH is 1. The van der Waals surface area contributed by atoms with Crippen LogP contribution in [0.15, 0.2) is 36.4 Å². The van der Waals surface area contributed by atoms with Crippen LogP contribution in [0.5, 0.6) is 0 Å². The Morgan fingerprint density at radius 3 is 2.70 bits per heavy atom. The van der Waals surface area contributed by atoms with Gasteiger partial charge in [-0.3, -0.25) is 4.90 Å². The van der Waals surface area contributed by atoms with E-state index in [1.807, 2.05) is 12.1 Å². The van der Waals surface area contributed by atoms with Crippen molar-refractivity contribution in [3.8, 4) is 0 Å². The molecule has 1 aromatic carbocycles. The highest BCUT2D eigenvalue weighted by Crippen LogP contribution is 2.27. The van der Waals surface area contributed by atoms with E-state index in [4.69, 9.17) is 5.73 Å². The zero-order valence-electron chi connectivity index (χ0n) is 15.6. The van der Waals surface area contributed by atoms with Gasteiger partial charge in [0.05, 0.1) is 0 Å². The third kappa shape index (κ3) is 4.67. The van der Waals surface area contributed by atoms with Crippen LogP contribution in [0.4, 0.5) is 17.6 Å². The molecule has 1 saturated carbocycles. The summed E-state index contributed by atoms with van der Waals surface area (Å²) in [5, 5.41) is 13.0. The van der Waals surface area contributed by atoms with E-state index in [1.54, 1.807) is 0 Å². The summed E-state index contributed by atoms with van der Waals surface area (Å²) in [6.45, 7) is 3.72. The summed E-state index contributed by atoms with van der Waals surface area (Å²) in [5.74, 6) is 1.99. The second-order valence-electron chi connectivity index (χ2n) is 7.46. The first kappa shape index (κ1) is 18.0. The maximum Gasteiger partial charge on any atom is 0.223 e. The molecule has 1 aliphatic heterocycles. The Hall–Kier alpha value is -2.38. The van der Waals surface area contributed by atoms with Gasteiger partial charge in [-0.1, -0.05) is 30.3 Å². The summed E-state index contributed by atoms with van der Waals surface area (Å²) in [4.78, 5) is 13.5. The smallest absolute Gasteiger partial charge is 0.223 e. The largest absolute Gasteiger partial charge is 0.396 e. The summed E-state index contributed by atoms with van der Waals surface area (Å²) in [5.41, 5.74) is 7.25. The van der Waals surface area contributed by atoms with Crippen LogP contribution in [-0.2, 0) is 6.54 Å². The van der Waals surface area contributed by atoms with E-state index in [9.17, 15) is 5.11 Å². The Kier molecular flexibility index (Phi) is 5.40. The number of nitrogens with one attached hydrogen (secondary N) is 1. The van der Waals surface area contributed by atoms with Gasteiger partial charge in [0.25, 0.3) is 0 Å². The maximum absolute atomic E-state index is 9.55. The van der Waals surface area contributed by atoms with Gasteiger partial charge in [0, 0.05) is 50.9 Å². The highest BCUT2D eigenvalue weighted by molar-refractivity contribution is 5.53. The Balaban J connectivity index is 1.47. The lowest BCUT2D eigenvalue weighted by Crippen LogP contribution is -2.53. The van der Waals surface area contributed by atoms with E-state index in [2.05, 4.69) is 49.4 Å². The van der Waals surface area contributed by atoms with Crippen molar-refractivity contribution >= 4 is 17.6 Å². The molecule has 0 bridgehead atoms. The molecule has 4 rings (SSSR count). The number of piperazine rings is 1. The molecule has 27 heavy (non-hydrogen) atoms. The van der Waals surface area contributed by atoms with E-state index < -0.39 is 0 Å². The molecule has 7 nitrogen and oxygen atoms in total. The van der Waals surface area contributed by atoms with Crippen LogP contribution in [0.1, 0.15) is 24.8 Å². The number of nitrogens with zero attached hydrogens (tertiary/aromatic N) is 4. The van der Waals surface area contributed by atoms with Crippen molar-refractivity contribution in [2.45, 2.75) is 37.9 Å². The second-order valence-corrected chi connectivity index (χ2v) is 7.46. The van der Waals surface area contributed by atoms with Crippen LogP contribution >= 0.6 is 0 Å². The lowest BCUT2D eigenvalue weighted by Gasteiger charge is -2.42. The number of aliphatic hydroxyl groups is 1. The molecule has 0 amide bonds. The third-order valence-electron chi connectivity index (χ3n) is 5.28. The fraction of sp³-hybridized carbons (Fsp3) is 0.500. The number of aromatic nitrogens is 2. The molecule has 2 aromatic rings. The highest BCUT2D eigenvalue weighted by atomic mass is 16.3. The number of nitrogen functional groups attached to an aromatic ring is 1. The summed E-state index contributed by atoms with van der Waals surface area (Å²) in [7, 11) is 0. The van der Waals surface area contributed by atoms with Gasteiger partial charge < -0.3 is 21.1 Å². The number of rotatable bonds is 7. The molecule has 1 saturated heterocycles. The lowest BCUT2D eigenvalue weighted by molar-refractivity contribution is 0.135.